The Labute approximate surface area is 205 Å². The number of nitrogens with zero attached hydrogens (tertiary/aromatic N) is 3. The number of benzene rings is 3. The number of rotatable bonds is 8. The fourth-order valence-corrected chi connectivity index (χ4v) is 4.09. The lowest BCUT2D eigenvalue weighted by Gasteiger charge is -2.26. The van der Waals surface area contributed by atoms with Gasteiger partial charge in [-0.3, -0.25) is 4.79 Å². The lowest BCUT2D eigenvalue weighted by atomic mass is 10.1. The van der Waals surface area contributed by atoms with Crippen LogP contribution >= 0.6 is 12.0 Å². The predicted molar refractivity (Wildman–Crippen MR) is 143 cm³/mol. The van der Waals surface area contributed by atoms with Gasteiger partial charge < -0.3 is 14.4 Å². The second-order valence-electron chi connectivity index (χ2n) is 7.73. The standard InChI is InChI=1S/C25H26N4O2S.C2H6/c1-28(2)23(17-26-24-21-11-7-8-12-22(21)25(30)29(3)27-24)18-13-15-20(16-14-18)32-31-19-9-5-4-6-10-19;1-2/h4-16,23H,17H2,1-3H3,(H,26,27);1-2H3. The number of aromatic nitrogens is 2. The van der Waals surface area contributed by atoms with Gasteiger partial charge in [0.05, 0.1) is 23.5 Å². The average Bonchev–Trinajstić information content (AvgIpc) is 2.88. The van der Waals surface area contributed by atoms with E-state index in [0.717, 1.165) is 16.0 Å². The molecule has 0 amide bonds. The van der Waals surface area contributed by atoms with E-state index in [1.165, 1.54) is 22.3 Å². The van der Waals surface area contributed by atoms with Gasteiger partial charge in [-0.05, 0) is 50.0 Å². The highest BCUT2D eigenvalue weighted by Gasteiger charge is 2.16. The van der Waals surface area contributed by atoms with Gasteiger partial charge in [0.25, 0.3) is 5.56 Å². The Morgan fingerprint density at radius 3 is 2.21 bits per heavy atom. The summed E-state index contributed by atoms with van der Waals surface area (Å²) in [5.74, 6) is 1.53. The molecule has 7 heteroatoms. The number of hydrogen-bond donors (Lipinski definition) is 1. The smallest absolute Gasteiger partial charge is 0.274 e. The fraction of sp³-hybridized carbons (Fsp3) is 0.259. The number of aryl methyl sites for hydroxylation is 1. The molecule has 4 aromatic rings. The SMILES string of the molecule is CC.CN(C)C(CNc1nn(C)c(=O)c2ccccc12)c1ccc(SOc2ccccc2)cc1. The molecule has 0 spiro atoms. The van der Waals surface area contributed by atoms with E-state index < -0.39 is 0 Å². The monoisotopic (exact) mass is 476 g/mol. The first kappa shape index (κ1) is 25.3. The fourth-order valence-electron chi connectivity index (χ4n) is 3.54. The Balaban J connectivity index is 0.00000158. The van der Waals surface area contributed by atoms with Crippen LogP contribution in [0.2, 0.25) is 0 Å². The van der Waals surface area contributed by atoms with Crippen molar-refractivity contribution in [3.8, 4) is 5.75 Å². The van der Waals surface area contributed by atoms with E-state index in [-0.39, 0.29) is 11.6 Å². The molecule has 178 valence electrons. The third-order valence-corrected chi connectivity index (χ3v) is 6.03. The molecule has 1 N–H and O–H groups in total. The van der Waals surface area contributed by atoms with Crippen LogP contribution in [0, 0.1) is 0 Å². The minimum atomic E-state index is -0.0962. The summed E-state index contributed by atoms with van der Waals surface area (Å²) in [5, 5.41) is 9.39. The quantitative estimate of drug-likeness (QED) is 0.326. The summed E-state index contributed by atoms with van der Waals surface area (Å²) < 4.78 is 7.15. The number of fused-ring (bicyclic) bond motifs is 1. The van der Waals surface area contributed by atoms with Crippen LogP contribution < -0.4 is 15.1 Å². The average molecular weight is 477 g/mol. The molecule has 4 rings (SSSR count). The minimum absolute atomic E-state index is 0.0962. The maximum absolute atomic E-state index is 12.4. The van der Waals surface area contributed by atoms with Gasteiger partial charge in [-0.25, -0.2) is 4.68 Å². The van der Waals surface area contributed by atoms with Crippen LogP contribution in [-0.4, -0.2) is 35.3 Å². The van der Waals surface area contributed by atoms with E-state index in [9.17, 15) is 4.79 Å². The highest BCUT2D eigenvalue weighted by molar-refractivity contribution is 7.95. The highest BCUT2D eigenvalue weighted by Crippen LogP contribution is 2.27. The zero-order valence-electron chi connectivity index (χ0n) is 20.4. The molecule has 0 aliphatic carbocycles. The van der Waals surface area contributed by atoms with Crippen molar-refractivity contribution in [1.82, 2.24) is 14.7 Å². The van der Waals surface area contributed by atoms with E-state index in [1.807, 2.05) is 68.4 Å². The lowest BCUT2D eigenvalue weighted by molar-refractivity contribution is 0.311. The molecule has 0 radical (unpaired) electrons. The van der Waals surface area contributed by atoms with E-state index >= 15 is 0 Å². The van der Waals surface area contributed by atoms with Crippen LogP contribution in [0.15, 0.2) is 88.6 Å². The van der Waals surface area contributed by atoms with Gasteiger partial charge in [0.2, 0.25) is 0 Å². The van der Waals surface area contributed by atoms with Crippen molar-refractivity contribution in [3.05, 3.63) is 94.8 Å². The van der Waals surface area contributed by atoms with Crippen molar-refractivity contribution in [3.63, 3.8) is 0 Å². The molecular weight excluding hydrogens is 444 g/mol. The third kappa shape index (κ3) is 6.18. The second kappa shape index (κ2) is 12.3. The molecule has 0 saturated carbocycles. The summed E-state index contributed by atoms with van der Waals surface area (Å²) in [7, 11) is 5.79. The van der Waals surface area contributed by atoms with Crippen LogP contribution in [0.4, 0.5) is 5.82 Å². The zero-order chi connectivity index (χ0) is 24.5. The van der Waals surface area contributed by atoms with Crippen molar-refractivity contribution in [1.29, 1.82) is 0 Å². The molecule has 3 aromatic carbocycles. The summed E-state index contributed by atoms with van der Waals surface area (Å²) in [6.07, 6.45) is 0. The first-order chi connectivity index (χ1) is 16.5. The molecule has 0 fully saturated rings. The van der Waals surface area contributed by atoms with Crippen molar-refractivity contribution in [2.24, 2.45) is 7.05 Å². The van der Waals surface area contributed by atoms with E-state index in [2.05, 4.69) is 53.7 Å². The van der Waals surface area contributed by atoms with E-state index in [1.54, 1.807) is 7.05 Å². The van der Waals surface area contributed by atoms with Crippen LogP contribution in [0.5, 0.6) is 5.75 Å². The second-order valence-corrected chi connectivity index (χ2v) is 8.54. The number of nitrogens with one attached hydrogen (secondary N) is 1. The van der Waals surface area contributed by atoms with Crippen LogP contribution in [0.1, 0.15) is 25.5 Å². The minimum Gasteiger partial charge on any atom is -0.421 e. The summed E-state index contributed by atoms with van der Waals surface area (Å²) in [6.45, 7) is 4.65. The number of likely N-dealkylation sites (N-methyl/N-ethyl adjacent to an activating group) is 1. The normalized spacial score (nSPS) is 11.6. The molecule has 0 aliphatic heterocycles. The summed E-state index contributed by atoms with van der Waals surface area (Å²) in [6, 6.07) is 25.8. The van der Waals surface area contributed by atoms with Crippen molar-refractivity contribution < 1.29 is 4.18 Å². The lowest BCUT2D eigenvalue weighted by Crippen LogP contribution is -2.28. The van der Waals surface area contributed by atoms with Crippen LogP contribution in [0.25, 0.3) is 10.8 Å². The Kier molecular flexibility index (Phi) is 9.13. The maximum Gasteiger partial charge on any atom is 0.274 e. The molecule has 1 unspecified atom stereocenters. The largest absolute Gasteiger partial charge is 0.421 e. The molecule has 1 aromatic heterocycles. The molecule has 1 atom stereocenters. The van der Waals surface area contributed by atoms with Crippen molar-refractivity contribution >= 4 is 28.6 Å². The molecule has 0 saturated heterocycles. The highest BCUT2D eigenvalue weighted by atomic mass is 32.2. The first-order valence-corrected chi connectivity index (χ1v) is 12.1. The van der Waals surface area contributed by atoms with Gasteiger partial charge >= 0.3 is 0 Å². The summed E-state index contributed by atoms with van der Waals surface area (Å²) in [4.78, 5) is 15.6. The third-order valence-electron chi connectivity index (χ3n) is 5.28. The first-order valence-electron chi connectivity index (χ1n) is 11.4. The van der Waals surface area contributed by atoms with E-state index in [0.29, 0.717) is 17.7 Å². The van der Waals surface area contributed by atoms with Gasteiger partial charge in [-0.15, -0.1) is 0 Å². The van der Waals surface area contributed by atoms with Gasteiger partial charge in [-0.1, -0.05) is 62.4 Å². The topological polar surface area (TPSA) is 59.4 Å². The van der Waals surface area contributed by atoms with Crippen LogP contribution in [0.3, 0.4) is 0 Å². The van der Waals surface area contributed by atoms with Crippen molar-refractivity contribution in [2.75, 3.05) is 26.0 Å². The Hall–Kier alpha value is -3.29. The van der Waals surface area contributed by atoms with Gasteiger partial charge in [0.1, 0.15) is 5.75 Å². The summed E-state index contributed by atoms with van der Waals surface area (Å²) >= 11 is 1.35. The molecule has 0 aliphatic rings. The Morgan fingerprint density at radius 1 is 0.941 bits per heavy atom. The van der Waals surface area contributed by atoms with Gasteiger partial charge in [0, 0.05) is 23.9 Å². The van der Waals surface area contributed by atoms with Crippen molar-refractivity contribution in [2.45, 2.75) is 24.8 Å². The van der Waals surface area contributed by atoms with Gasteiger partial charge in [0.15, 0.2) is 5.82 Å². The Bertz CT molecular complexity index is 1240. The molecule has 1 heterocycles. The maximum atomic E-state index is 12.4. The molecule has 34 heavy (non-hydrogen) atoms. The van der Waals surface area contributed by atoms with E-state index in [4.69, 9.17) is 4.18 Å². The molecule has 6 nitrogen and oxygen atoms in total. The van der Waals surface area contributed by atoms with Gasteiger partial charge in [-0.2, -0.15) is 5.10 Å². The summed E-state index contributed by atoms with van der Waals surface area (Å²) in [5.41, 5.74) is 1.09. The Morgan fingerprint density at radius 2 is 1.56 bits per heavy atom. The number of para-hydroxylation sites is 1. The predicted octanol–water partition coefficient (Wildman–Crippen LogP) is 5.76. The van der Waals surface area contributed by atoms with Crippen LogP contribution in [-0.2, 0) is 7.05 Å². The zero-order valence-corrected chi connectivity index (χ0v) is 21.2. The number of anilines is 1. The molecule has 0 bridgehead atoms. The number of hydrogen-bond acceptors (Lipinski definition) is 6. The molecular formula is C27H32N4O2S.